The Balaban J connectivity index is 1.81. The minimum Gasteiger partial charge on any atom is -0.367 e. The fraction of sp³-hybridized carbons (Fsp3) is 0.500. The van der Waals surface area contributed by atoms with E-state index in [2.05, 4.69) is 34.7 Å². The fourth-order valence-corrected chi connectivity index (χ4v) is 3.58. The highest BCUT2D eigenvalue weighted by Crippen LogP contribution is 2.31. The van der Waals surface area contributed by atoms with Gasteiger partial charge < -0.3 is 5.32 Å². The lowest BCUT2D eigenvalue weighted by molar-refractivity contribution is 0.481. The first-order valence-corrected chi connectivity index (χ1v) is 7.31. The van der Waals surface area contributed by atoms with E-state index in [0.29, 0.717) is 6.04 Å². The number of pyridine rings is 1. The maximum absolute atomic E-state index is 4.49. The second-order valence-electron chi connectivity index (χ2n) is 4.97. The van der Waals surface area contributed by atoms with Gasteiger partial charge in [0.05, 0.1) is 0 Å². The molecule has 2 aromatic heterocycles. The van der Waals surface area contributed by atoms with Crippen LogP contribution in [0, 0.1) is 5.92 Å². The van der Waals surface area contributed by atoms with E-state index in [1.165, 1.54) is 35.8 Å². The summed E-state index contributed by atoms with van der Waals surface area (Å²) in [5, 5.41) is 7.01. The molecule has 3 heteroatoms. The molecule has 2 aromatic rings. The van der Waals surface area contributed by atoms with E-state index in [4.69, 9.17) is 0 Å². The molecule has 1 fully saturated rings. The monoisotopic (exact) mass is 246 g/mol. The molecule has 1 aliphatic rings. The normalized spacial score (nSPS) is 18.6. The predicted octanol–water partition coefficient (Wildman–Crippen LogP) is 4.29. The van der Waals surface area contributed by atoms with Gasteiger partial charge in [0.25, 0.3) is 0 Å². The Morgan fingerprint density at radius 1 is 1.35 bits per heavy atom. The van der Waals surface area contributed by atoms with Crippen molar-refractivity contribution in [2.24, 2.45) is 5.92 Å². The molecule has 0 radical (unpaired) electrons. The number of nitrogens with zero attached hydrogens (tertiary/aromatic N) is 1. The van der Waals surface area contributed by atoms with Crippen LogP contribution in [-0.4, -0.2) is 11.0 Å². The molecule has 0 bridgehead atoms. The van der Waals surface area contributed by atoms with E-state index in [1.54, 1.807) is 11.3 Å². The summed E-state index contributed by atoms with van der Waals surface area (Å²) >= 11 is 1.78. The van der Waals surface area contributed by atoms with Crippen molar-refractivity contribution in [2.75, 3.05) is 5.32 Å². The smallest absolute Gasteiger partial charge is 0.134 e. The van der Waals surface area contributed by atoms with Gasteiger partial charge in [0.2, 0.25) is 0 Å². The summed E-state index contributed by atoms with van der Waals surface area (Å²) in [6.45, 7) is 2.29. The van der Waals surface area contributed by atoms with E-state index in [1.807, 2.05) is 6.20 Å². The Hall–Kier alpha value is -1.09. The second-order valence-corrected chi connectivity index (χ2v) is 5.92. The van der Waals surface area contributed by atoms with Crippen molar-refractivity contribution in [3.63, 3.8) is 0 Å². The summed E-state index contributed by atoms with van der Waals surface area (Å²) in [6.07, 6.45) is 7.43. The lowest BCUT2D eigenvalue weighted by Crippen LogP contribution is -2.24. The van der Waals surface area contributed by atoms with E-state index >= 15 is 0 Å². The Morgan fingerprint density at radius 2 is 2.18 bits per heavy atom. The first-order chi connectivity index (χ1) is 8.34. The number of anilines is 1. The third-order valence-corrected chi connectivity index (χ3v) is 4.73. The van der Waals surface area contributed by atoms with Crippen LogP contribution in [0.25, 0.3) is 10.1 Å². The number of hydrogen-bond acceptors (Lipinski definition) is 3. The van der Waals surface area contributed by atoms with Crippen LogP contribution in [0.3, 0.4) is 0 Å². The van der Waals surface area contributed by atoms with Crippen molar-refractivity contribution in [1.82, 2.24) is 4.98 Å². The number of rotatable bonds is 3. The van der Waals surface area contributed by atoms with E-state index in [0.717, 1.165) is 11.7 Å². The van der Waals surface area contributed by atoms with Crippen molar-refractivity contribution in [3.05, 3.63) is 23.7 Å². The number of hydrogen-bond donors (Lipinski definition) is 1. The lowest BCUT2D eigenvalue weighted by Gasteiger charge is -2.21. The summed E-state index contributed by atoms with van der Waals surface area (Å²) in [4.78, 5) is 4.49. The van der Waals surface area contributed by atoms with Crippen molar-refractivity contribution < 1.29 is 0 Å². The Kier molecular flexibility index (Phi) is 3.02. The van der Waals surface area contributed by atoms with Crippen LogP contribution in [0.15, 0.2) is 23.7 Å². The zero-order chi connectivity index (χ0) is 11.7. The molecule has 1 unspecified atom stereocenters. The van der Waals surface area contributed by atoms with Crippen LogP contribution < -0.4 is 5.32 Å². The van der Waals surface area contributed by atoms with Gasteiger partial charge in [-0.3, -0.25) is 0 Å². The molecule has 0 amide bonds. The second kappa shape index (κ2) is 4.65. The average molecular weight is 246 g/mol. The third kappa shape index (κ3) is 2.16. The number of fused-ring (bicyclic) bond motifs is 1. The third-order valence-electron chi connectivity index (χ3n) is 3.85. The Bertz CT molecular complexity index is 500. The van der Waals surface area contributed by atoms with E-state index < -0.39 is 0 Å². The molecule has 1 N–H and O–H groups in total. The summed E-state index contributed by atoms with van der Waals surface area (Å²) in [5.74, 6) is 1.88. The summed E-state index contributed by atoms with van der Waals surface area (Å²) in [6, 6.07) is 4.79. The molecule has 1 aliphatic carbocycles. The van der Waals surface area contributed by atoms with Gasteiger partial charge >= 0.3 is 0 Å². The maximum Gasteiger partial charge on any atom is 0.134 e. The van der Waals surface area contributed by atoms with Crippen LogP contribution in [-0.2, 0) is 0 Å². The fourth-order valence-electron chi connectivity index (χ4n) is 2.80. The van der Waals surface area contributed by atoms with Gasteiger partial charge in [-0.15, -0.1) is 11.3 Å². The van der Waals surface area contributed by atoms with Gasteiger partial charge in [-0.25, -0.2) is 4.98 Å². The molecular formula is C14H18N2S. The highest BCUT2D eigenvalue weighted by atomic mass is 32.1. The minimum absolute atomic E-state index is 0.538. The Morgan fingerprint density at radius 3 is 3.00 bits per heavy atom. The zero-order valence-corrected chi connectivity index (χ0v) is 11.0. The van der Waals surface area contributed by atoms with E-state index in [-0.39, 0.29) is 0 Å². The summed E-state index contributed by atoms with van der Waals surface area (Å²) in [7, 11) is 0. The molecule has 0 spiro atoms. The molecule has 1 atom stereocenters. The minimum atomic E-state index is 0.538. The van der Waals surface area contributed by atoms with Crippen LogP contribution in [0.4, 0.5) is 5.82 Å². The topological polar surface area (TPSA) is 24.9 Å². The first kappa shape index (κ1) is 11.0. The lowest BCUT2D eigenvalue weighted by atomic mass is 10.00. The first-order valence-electron chi connectivity index (χ1n) is 6.43. The average Bonchev–Trinajstić information content (AvgIpc) is 3.00. The molecule has 0 aromatic carbocycles. The molecular weight excluding hydrogens is 228 g/mol. The van der Waals surface area contributed by atoms with E-state index in [9.17, 15) is 0 Å². The molecule has 0 aliphatic heterocycles. The van der Waals surface area contributed by atoms with Crippen molar-refractivity contribution in [1.29, 1.82) is 0 Å². The summed E-state index contributed by atoms with van der Waals surface area (Å²) < 4.78 is 1.32. The van der Waals surface area contributed by atoms with Crippen molar-refractivity contribution >= 4 is 27.2 Å². The molecule has 0 saturated heterocycles. The maximum atomic E-state index is 4.49. The number of nitrogens with one attached hydrogen (secondary N) is 1. The largest absolute Gasteiger partial charge is 0.367 e. The number of aromatic nitrogens is 1. The van der Waals surface area contributed by atoms with Crippen LogP contribution in [0.5, 0.6) is 0 Å². The quantitative estimate of drug-likeness (QED) is 0.874. The van der Waals surface area contributed by atoms with Crippen molar-refractivity contribution in [2.45, 2.75) is 38.6 Å². The van der Waals surface area contributed by atoms with Crippen LogP contribution >= 0.6 is 11.3 Å². The molecule has 90 valence electrons. The molecule has 17 heavy (non-hydrogen) atoms. The predicted molar refractivity (Wildman–Crippen MR) is 74.7 cm³/mol. The van der Waals surface area contributed by atoms with Gasteiger partial charge in [0, 0.05) is 22.3 Å². The molecule has 1 saturated carbocycles. The standard InChI is InChI=1S/C14H18N2S/c1-10(11-4-2-3-5-11)16-14-12-7-9-17-13(12)6-8-15-14/h6-11H,2-5H2,1H3,(H,15,16). The van der Waals surface area contributed by atoms with Gasteiger partial charge in [-0.05, 0) is 43.2 Å². The molecule has 2 heterocycles. The molecule has 3 rings (SSSR count). The van der Waals surface area contributed by atoms with Gasteiger partial charge in [-0.2, -0.15) is 0 Å². The van der Waals surface area contributed by atoms with Gasteiger partial charge in [0.1, 0.15) is 5.82 Å². The Labute approximate surface area is 106 Å². The SMILES string of the molecule is CC(Nc1nccc2sccc12)C1CCCC1. The van der Waals surface area contributed by atoms with Crippen molar-refractivity contribution in [3.8, 4) is 0 Å². The highest BCUT2D eigenvalue weighted by Gasteiger charge is 2.22. The highest BCUT2D eigenvalue weighted by molar-refractivity contribution is 7.17. The van der Waals surface area contributed by atoms with Crippen LogP contribution in [0.2, 0.25) is 0 Å². The van der Waals surface area contributed by atoms with Gasteiger partial charge in [-0.1, -0.05) is 12.8 Å². The van der Waals surface area contributed by atoms with Crippen LogP contribution in [0.1, 0.15) is 32.6 Å². The zero-order valence-electron chi connectivity index (χ0n) is 10.1. The van der Waals surface area contributed by atoms with Gasteiger partial charge in [0.15, 0.2) is 0 Å². The number of thiophene rings is 1. The summed E-state index contributed by atoms with van der Waals surface area (Å²) in [5.41, 5.74) is 0. The molecule has 2 nitrogen and oxygen atoms in total.